The molecule has 0 amide bonds. The zero-order chi connectivity index (χ0) is 18.7. The third kappa shape index (κ3) is 4.94. The number of alkyl halides is 3. The van der Waals surface area contributed by atoms with E-state index in [4.69, 9.17) is 10.4 Å². The van der Waals surface area contributed by atoms with Gasteiger partial charge in [-0.1, -0.05) is 13.8 Å². The van der Waals surface area contributed by atoms with Crippen LogP contribution in [-0.4, -0.2) is 25.5 Å². The molecule has 0 heterocycles. The summed E-state index contributed by atoms with van der Waals surface area (Å²) in [6, 6.07) is 1.50. The van der Waals surface area contributed by atoms with Crippen LogP contribution in [0.3, 0.4) is 0 Å². The first-order valence-corrected chi connectivity index (χ1v) is 8.23. The molecule has 0 bridgehead atoms. The summed E-state index contributed by atoms with van der Waals surface area (Å²) in [5.41, 5.74) is -1.89. The molecule has 0 fully saturated rings. The molecule has 1 rings (SSSR count). The maximum absolute atomic E-state index is 12.6. The van der Waals surface area contributed by atoms with Crippen LogP contribution in [0.5, 0.6) is 0 Å². The van der Waals surface area contributed by atoms with Gasteiger partial charge >= 0.3 is 12.1 Å². The van der Waals surface area contributed by atoms with E-state index in [1.165, 1.54) is 6.07 Å². The summed E-state index contributed by atoms with van der Waals surface area (Å²) in [5, 5.41) is 18.0. The molecule has 1 aromatic carbocycles. The zero-order valence-corrected chi connectivity index (χ0v) is 13.6. The van der Waals surface area contributed by atoms with Gasteiger partial charge in [-0.3, -0.25) is 4.79 Å². The lowest BCUT2D eigenvalue weighted by molar-refractivity contribution is -0.139. The van der Waals surface area contributed by atoms with Gasteiger partial charge in [0, 0.05) is 0 Å². The van der Waals surface area contributed by atoms with E-state index in [1.54, 1.807) is 13.8 Å². The lowest BCUT2D eigenvalue weighted by Gasteiger charge is -2.17. The summed E-state index contributed by atoms with van der Waals surface area (Å²) < 4.78 is 64.4. The molecule has 6 nitrogen and oxygen atoms in total. The summed E-state index contributed by atoms with van der Waals surface area (Å²) in [7, 11) is -4.48. The number of aliphatic carboxylic acids is 1. The van der Waals surface area contributed by atoms with Gasteiger partial charge in [0.2, 0.25) is 10.0 Å². The Morgan fingerprint density at radius 3 is 2.38 bits per heavy atom. The highest BCUT2D eigenvalue weighted by Gasteiger charge is 2.33. The van der Waals surface area contributed by atoms with Gasteiger partial charge in [-0.05, 0) is 30.5 Å². The van der Waals surface area contributed by atoms with Crippen LogP contribution in [0.25, 0.3) is 0 Å². The van der Waals surface area contributed by atoms with Crippen LogP contribution in [0.1, 0.15) is 31.4 Å². The molecule has 132 valence electrons. The number of carbonyl (C=O) groups is 1. The average molecular weight is 364 g/mol. The molecular weight excluding hydrogens is 349 g/mol. The number of sulfonamides is 1. The molecule has 10 heteroatoms. The number of nitrogens with zero attached hydrogens (tertiary/aromatic N) is 1. The molecule has 0 aliphatic carbocycles. The standard InChI is InChI=1S/C14H15F3N2O4S/c1-8(2)5-11(13(20)21)19-24(22,23)12-4-3-10(14(15,16)17)6-9(12)7-18/h3-4,6,8,11,19H,5H2,1-2H3,(H,20,21)/t11-/m0/s1. The highest BCUT2D eigenvalue weighted by molar-refractivity contribution is 7.89. The molecule has 0 radical (unpaired) electrons. The molecule has 0 saturated carbocycles. The Kier molecular flexibility index (Phi) is 5.97. The van der Waals surface area contributed by atoms with Crippen molar-refractivity contribution >= 4 is 16.0 Å². The van der Waals surface area contributed by atoms with E-state index in [0.717, 1.165) is 0 Å². The van der Waals surface area contributed by atoms with Gasteiger partial charge in [-0.25, -0.2) is 8.42 Å². The van der Waals surface area contributed by atoms with Crippen LogP contribution < -0.4 is 4.72 Å². The number of hydrogen-bond acceptors (Lipinski definition) is 4. The number of rotatable bonds is 6. The van der Waals surface area contributed by atoms with Crippen molar-refractivity contribution in [2.45, 2.75) is 37.4 Å². The number of nitriles is 1. The van der Waals surface area contributed by atoms with E-state index in [-0.39, 0.29) is 12.3 Å². The first kappa shape index (κ1) is 19.9. The molecule has 0 aliphatic rings. The number of hydrogen-bond donors (Lipinski definition) is 2. The van der Waals surface area contributed by atoms with Crippen molar-refractivity contribution in [1.29, 1.82) is 5.26 Å². The van der Waals surface area contributed by atoms with Crippen molar-refractivity contribution in [3.05, 3.63) is 29.3 Å². The predicted molar refractivity (Wildman–Crippen MR) is 77.4 cm³/mol. The molecule has 24 heavy (non-hydrogen) atoms. The molecular formula is C14H15F3N2O4S. The van der Waals surface area contributed by atoms with Crippen molar-refractivity contribution in [3.63, 3.8) is 0 Å². The number of carboxylic acids is 1. The Hall–Kier alpha value is -2.12. The Bertz CT molecular complexity index is 767. The first-order chi connectivity index (χ1) is 10.9. The van der Waals surface area contributed by atoms with E-state index >= 15 is 0 Å². The quantitative estimate of drug-likeness (QED) is 0.806. The molecule has 1 aromatic rings. The topological polar surface area (TPSA) is 107 Å². The van der Waals surface area contributed by atoms with Crippen LogP contribution >= 0.6 is 0 Å². The minimum absolute atomic E-state index is 0.0168. The molecule has 0 spiro atoms. The fourth-order valence-electron chi connectivity index (χ4n) is 1.95. The summed E-state index contributed by atoms with van der Waals surface area (Å²) in [6.45, 7) is 3.37. The van der Waals surface area contributed by atoms with Gasteiger partial charge in [0.25, 0.3) is 0 Å². The third-order valence-corrected chi connectivity index (χ3v) is 4.55. The minimum atomic E-state index is -4.73. The number of halogens is 3. The maximum atomic E-state index is 12.6. The van der Waals surface area contributed by atoms with Gasteiger partial charge < -0.3 is 5.11 Å². The summed E-state index contributed by atoms with van der Waals surface area (Å²) in [5.74, 6) is -1.56. The second kappa shape index (κ2) is 7.19. The molecule has 0 saturated heterocycles. The highest BCUT2D eigenvalue weighted by atomic mass is 32.2. The van der Waals surface area contributed by atoms with E-state index < -0.39 is 44.2 Å². The lowest BCUT2D eigenvalue weighted by atomic mass is 10.1. The van der Waals surface area contributed by atoms with Crippen molar-refractivity contribution in [2.24, 2.45) is 5.92 Å². The largest absolute Gasteiger partial charge is 0.480 e. The van der Waals surface area contributed by atoms with Crippen molar-refractivity contribution in [1.82, 2.24) is 4.72 Å². The Morgan fingerprint density at radius 1 is 1.38 bits per heavy atom. The van der Waals surface area contributed by atoms with Crippen molar-refractivity contribution in [2.75, 3.05) is 0 Å². The van der Waals surface area contributed by atoms with Gasteiger partial charge in [0.15, 0.2) is 0 Å². The van der Waals surface area contributed by atoms with E-state index in [0.29, 0.717) is 18.2 Å². The smallest absolute Gasteiger partial charge is 0.416 e. The van der Waals surface area contributed by atoms with Crippen molar-refractivity contribution in [3.8, 4) is 6.07 Å². The average Bonchev–Trinajstić information content (AvgIpc) is 2.44. The molecule has 1 atom stereocenters. The number of nitrogens with one attached hydrogen (secondary N) is 1. The second-order valence-electron chi connectivity index (χ2n) is 5.46. The number of benzene rings is 1. The molecule has 0 aliphatic heterocycles. The monoisotopic (exact) mass is 364 g/mol. The van der Waals surface area contributed by atoms with Gasteiger partial charge in [0.05, 0.1) is 16.0 Å². The summed E-state index contributed by atoms with van der Waals surface area (Å²) in [4.78, 5) is 10.4. The summed E-state index contributed by atoms with van der Waals surface area (Å²) >= 11 is 0. The van der Waals surface area contributed by atoms with E-state index in [9.17, 15) is 26.4 Å². The van der Waals surface area contributed by atoms with Gasteiger partial charge in [-0.15, -0.1) is 0 Å². The first-order valence-electron chi connectivity index (χ1n) is 6.75. The van der Waals surface area contributed by atoms with Crippen molar-refractivity contribution < 1.29 is 31.5 Å². The van der Waals surface area contributed by atoms with E-state index in [2.05, 4.69) is 0 Å². The molecule has 0 aromatic heterocycles. The Morgan fingerprint density at radius 2 is 1.96 bits per heavy atom. The highest BCUT2D eigenvalue weighted by Crippen LogP contribution is 2.31. The molecule has 0 unspecified atom stereocenters. The third-order valence-electron chi connectivity index (χ3n) is 3.02. The Labute approximate surface area is 137 Å². The van der Waals surface area contributed by atoms with Crippen LogP contribution in [-0.2, 0) is 21.0 Å². The van der Waals surface area contributed by atoms with Crippen LogP contribution in [0.15, 0.2) is 23.1 Å². The zero-order valence-electron chi connectivity index (χ0n) is 12.8. The van der Waals surface area contributed by atoms with Crippen LogP contribution in [0.2, 0.25) is 0 Å². The predicted octanol–water partition coefficient (Wildman–Crippen LogP) is 2.35. The fourth-order valence-corrected chi connectivity index (χ4v) is 3.29. The minimum Gasteiger partial charge on any atom is -0.480 e. The van der Waals surface area contributed by atoms with Gasteiger partial charge in [0.1, 0.15) is 12.1 Å². The SMILES string of the molecule is CC(C)C[C@H](NS(=O)(=O)c1ccc(C(F)(F)F)cc1C#N)C(=O)O. The van der Waals surface area contributed by atoms with Gasteiger partial charge in [-0.2, -0.15) is 23.2 Å². The van der Waals surface area contributed by atoms with E-state index in [1.807, 2.05) is 4.72 Å². The van der Waals surface area contributed by atoms with Crippen LogP contribution in [0, 0.1) is 17.2 Å². The number of carboxylic acid groups (broad SMARTS) is 1. The molecule has 2 N–H and O–H groups in total. The Balaban J connectivity index is 3.28. The maximum Gasteiger partial charge on any atom is 0.416 e. The lowest BCUT2D eigenvalue weighted by Crippen LogP contribution is -2.41. The second-order valence-corrected chi connectivity index (χ2v) is 7.14. The van der Waals surface area contributed by atoms with Crippen LogP contribution in [0.4, 0.5) is 13.2 Å². The normalized spacial score (nSPS) is 13.5. The fraction of sp³-hybridized carbons (Fsp3) is 0.429. The summed E-state index contributed by atoms with van der Waals surface area (Å²) in [6.07, 6.45) is -4.75.